The fourth-order valence-corrected chi connectivity index (χ4v) is 5.79. The van der Waals surface area contributed by atoms with Gasteiger partial charge in [-0.25, -0.2) is 9.97 Å². The van der Waals surface area contributed by atoms with Crippen molar-refractivity contribution in [2.24, 2.45) is 10.2 Å². The molecule has 0 aliphatic carbocycles. The third-order valence-corrected chi connectivity index (χ3v) is 8.65. The van der Waals surface area contributed by atoms with Crippen LogP contribution in [0, 0.1) is 0 Å². The number of thiazole rings is 2. The van der Waals surface area contributed by atoms with Crippen LogP contribution in [0.3, 0.4) is 0 Å². The normalized spacial score (nSPS) is 11.5. The van der Waals surface area contributed by atoms with E-state index in [1.54, 1.807) is 12.4 Å². The highest BCUT2D eigenvalue weighted by molar-refractivity contribution is 7.14. The van der Waals surface area contributed by atoms with Gasteiger partial charge in [0.1, 0.15) is 24.7 Å². The van der Waals surface area contributed by atoms with Crippen molar-refractivity contribution >= 4 is 68.6 Å². The quantitative estimate of drug-likeness (QED) is 0.0664. The predicted molar refractivity (Wildman–Crippen MR) is 201 cm³/mol. The van der Waals surface area contributed by atoms with E-state index in [1.807, 2.05) is 120 Å². The second-order valence-electron chi connectivity index (χ2n) is 10.1. The molecule has 0 amide bonds. The molecule has 12 heteroatoms. The van der Waals surface area contributed by atoms with Crippen LogP contribution in [0.25, 0.3) is 22.5 Å². The second-order valence-corrected chi connectivity index (χ2v) is 12.7. The number of hydrogen-bond acceptors (Lipinski definition) is 10. The van der Waals surface area contributed by atoms with Crippen LogP contribution in [0.15, 0.2) is 130 Å². The number of aromatic nitrogens is 2. The molecule has 4 aromatic carbocycles. The molecular formula is C36H28Cl2N6O2S2. The monoisotopic (exact) mass is 710 g/mol. The first kappa shape index (κ1) is 32.9. The highest BCUT2D eigenvalue weighted by Gasteiger charge is 2.05. The number of halogens is 2. The lowest BCUT2D eigenvalue weighted by Gasteiger charge is -2.04. The van der Waals surface area contributed by atoms with Crippen molar-refractivity contribution in [3.63, 3.8) is 0 Å². The lowest BCUT2D eigenvalue weighted by molar-refractivity contribution is 0.350. The third-order valence-electron chi connectivity index (χ3n) is 6.66. The van der Waals surface area contributed by atoms with Gasteiger partial charge in [0.25, 0.3) is 0 Å². The van der Waals surface area contributed by atoms with E-state index in [0.29, 0.717) is 33.5 Å². The minimum absolute atomic E-state index is 0.432. The number of hydrazone groups is 2. The Balaban J connectivity index is 0.868. The average molecular weight is 712 g/mol. The zero-order valence-electron chi connectivity index (χ0n) is 25.3. The lowest BCUT2D eigenvalue weighted by atomic mass is 10.2. The van der Waals surface area contributed by atoms with E-state index in [2.05, 4.69) is 31.0 Å². The van der Waals surface area contributed by atoms with Crippen molar-refractivity contribution < 1.29 is 9.47 Å². The summed E-state index contributed by atoms with van der Waals surface area (Å²) in [5.74, 6) is 1.53. The molecule has 0 spiro atoms. The second kappa shape index (κ2) is 16.7. The Hall–Kier alpha value is -5.00. The zero-order valence-corrected chi connectivity index (χ0v) is 28.4. The third kappa shape index (κ3) is 9.76. The summed E-state index contributed by atoms with van der Waals surface area (Å²) >= 11 is 14.9. The Bertz CT molecular complexity index is 1850. The van der Waals surface area contributed by atoms with E-state index in [9.17, 15) is 0 Å². The molecule has 0 radical (unpaired) electrons. The zero-order chi connectivity index (χ0) is 33.0. The Morgan fingerprint density at radius 1 is 0.562 bits per heavy atom. The molecule has 0 atom stereocenters. The van der Waals surface area contributed by atoms with Gasteiger partial charge < -0.3 is 9.47 Å². The molecule has 2 N–H and O–H groups in total. The maximum absolute atomic E-state index is 5.97. The lowest BCUT2D eigenvalue weighted by Crippen LogP contribution is -1.97. The number of rotatable bonds is 14. The maximum Gasteiger partial charge on any atom is 0.203 e. The van der Waals surface area contributed by atoms with Gasteiger partial charge in [0, 0.05) is 31.9 Å². The first-order valence-electron chi connectivity index (χ1n) is 14.7. The summed E-state index contributed by atoms with van der Waals surface area (Å²) in [5.41, 5.74) is 11.6. The van der Waals surface area contributed by atoms with Crippen LogP contribution in [0.5, 0.6) is 11.5 Å². The fraction of sp³-hybridized carbons (Fsp3) is 0.0556. The largest absolute Gasteiger partial charge is 0.490 e. The number of ether oxygens (including phenoxy) is 2. The SMILES string of the molecule is Clc1ccc(-c2csc(N/N=C/c3ccc(OC/C=C/COc4ccc(/C=N/Nc5nc(-c6ccc(Cl)cc6)cs5)cc4)cc3)n2)cc1. The van der Waals surface area contributed by atoms with Crippen molar-refractivity contribution in [3.8, 4) is 34.0 Å². The molecule has 0 aliphatic heterocycles. The number of benzene rings is 4. The number of anilines is 2. The van der Waals surface area contributed by atoms with E-state index < -0.39 is 0 Å². The van der Waals surface area contributed by atoms with Crippen LogP contribution >= 0.6 is 45.9 Å². The van der Waals surface area contributed by atoms with Crippen molar-refractivity contribution in [2.75, 3.05) is 24.1 Å². The van der Waals surface area contributed by atoms with E-state index in [-0.39, 0.29) is 0 Å². The molecule has 2 heterocycles. The predicted octanol–water partition coefficient (Wildman–Crippen LogP) is 10.1. The standard InChI is InChI=1S/C36H28Cl2N6O2S2/c37-29-11-7-27(8-12-29)33-23-47-35(41-33)43-39-21-25-3-15-31(16-4-25)45-19-1-2-20-46-32-17-5-26(6-18-32)22-40-44-36-42-34(24-48-36)28-9-13-30(38)14-10-28/h1-18,21-24H,19-20H2,(H,41,43)(H,42,44)/b2-1+,39-21+,40-22+. The summed E-state index contributed by atoms with van der Waals surface area (Å²) in [6, 6.07) is 30.6. The summed E-state index contributed by atoms with van der Waals surface area (Å²) in [5, 5.41) is 15.4. The molecule has 0 saturated carbocycles. The van der Waals surface area contributed by atoms with Gasteiger partial charge in [-0.15, -0.1) is 22.7 Å². The fourth-order valence-electron chi connectivity index (χ4n) is 4.21. The Morgan fingerprint density at radius 3 is 1.35 bits per heavy atom. The maximum atomic E-state index is 5.97. The molecule has 6 rings (SSSR count). The Kier molecular flexibility index (Phi) is 11.5. The summed E-state index contributed by atoms with van der Waals surface area (Å²) in [4.78, 5) is 9.13. The van der Waals surface area contributed by atoms with Gasteiger partial charge in [0.15, 0.2) is 0 Å². The van der Waals surface area contributed by atoms with Crippen LogP contribution < -0.4 is 20.3 Å². The first-order valence-corrected chi connectivity index (χ1v) is 17.2. The molecule has 0 saturated heterocycles. The highest BCUT2D eigenvalue weighted by atomic mass is 35.5. The number of hydrogen-bond donors (Lipinski definition) is 2. The molecular weight excluding hydrogens is 683 g/mol. The van der Waals surface area contributed by atoms with Crippen LogP contribution in [0.2, 0.25) is 10.0 Å². The molecule has 8 nitrogen and oxygen atoms in total. The topological polar surface area (TPSA) is 93.0 Å². The summed E-state index contributed by atoms with van der Waals surface area (Å²) < 4.78 is 11.6. The Labute approximate surface area is 296 Å². The van der Waals surface area contributed by atoms with Gasteiger partial charge in [0.2, 0.25) is 10.3 Å². The van der Waals surface area contributed by atoms with Crippen LogP contribution in [-0.2, 0) is 0 Å². The van der Waals surface area contributed by atoms with Gasteiger partial charge in [-0.1, -0.05) is 47.5 Å². The Morgan fingerprint density at radius 2 is 0.958 bits per heavy atom. The van der Waals surface area contributed by atoms with Gasteiger partial charge in [-0.05, 0) is 96.1 Å². The molecule has 0 unspecified atom stereocenters. The van der Waals surface area contributed by atoms with E-state index >= 15 is 0 Å². The van der Waals surface area contributed by atoms with Crippen LogP contribution in [0.1, 0.15) is 11.1 Å². The van der Waals surface area contributed by atoms with Gasteiger partial charge >= 0.3 is 0 Å². The molecule has 0 fully saturated rings. The first-order chi connectivity index (χ1) is 23.6. The van der Waals surface area contributed by atoms with Crippen molar-refractivity contribution in [2.45, 2.75) is 0 Å². The molecule has 240 valence electrons. The smallest absolute Gasteiger partial charge is 0.203 e. The molecule has 0 bridgehead atoms. The summed E-state index contributed by atoms with van der Waals surface area (Å²) in [7, 11) is 0. The summed E-state index contributed by atoms with van der Waals surface area (Å²) in [6.45, 7) is 0.863. The van der Waals surface area contributed by atoms with Crippen LogP contribution in [-0.4, -0.2) is 35.6 Å². The van der Waals surface area contributed by atoms with Gasteiger partial charge in [-0.3, -0.25) is 10.9 Å². The molecule has 6 aromatic rings. The van der Waals surface area contributed by atoms with Crippen molar-refractivity contribution in [1.82, 2.24) is 9.97 Å². The van der Waals surface area contributed by atoms with E-state index in [4.69, 9.17) is 32.7 Å². The van der Waals surface area contributed by atoms with Gasteiger partial charge in [0.05, 0.1) is 23.8 Å². The molecule has 0 aliphatic rings. The number of nitrogens with one attached hydrogen (secondary N) is 2. The van der Waals surface area contributed by atoms with Crippen molar-refractivity contribution in [1.29, 1.82) is 0 Å². The molecule has 48 heavy (non-hydrogen) atoms. The highest BCUT2D eigenvalue weighted by Crippen LogP contribution is 2.27. The van der Waals surface area contributed by atoms with Crippen LogP contribution in [0.4, 0.5) is 10.3 Å². The van der Waals surface area contributed by atoms with Gasteiger partial charge in [-0.2, -0.15) is 10.2 Å². The average Bonchev–Trinajstić information content (AvgIpc) is 3.79. The number of nitrogens with zero attached hydrogens (tertiary/aromatic N) is 4. The minimum Gasteiger partial charge on any atom is -0.490 e. The molecule has 2 aromatic heterocycles. The van der Waals surface area contributed by atoms with Crippen molar-refractivity contribution in [3.05, 3.63) is 141 Å². The van der Waals surface area contributed by atoms with E-state index in [0.717, 1.165) is 45.1 Å². The summed E-state index contributed by atoms with van der Waals surface area (Å²) in [6.07, 6.45) is 7.33. The minimum atomic E-state index is 0.432. The van der Waals surface area contributed by atoms with E-state index in [1.165, 1.54) is 22.7 Å².